The van der Waals surface area contributed by atoms with Crippen molar-refractivity contribution in [1.82, 2.24) is 4.31 Å². The summed E-state index contributed by atoms with van der Waals surface area (Å²) in [5, 5.41) is 0. The summed E-state index contributed by atoms with van der Waals surface area (Å²) in [4.78, 5) is 11.7. The van der Waals surface area contributed by atoms with Crippen molar-refractivity contribution in [3.05, 3.63) is 29.8 Å². The van der Waals surface area contributed by atoms with Gasteiger partial charge in [-0.3, -0.25) is 0 Å². The number of benzene rings is 1. The molecule has 7 heteroatoms. The van der Waals surface area contributed by atoms with Gasteiger partial charge >= 0.3 is 5.97 Å². The molecule has 0 bridgehead atoms. The summed E-state index contributed by atoms with van der Waals surface area (Å²) in [6.45, 7) is 2.86. The Labute approximate surface area is 131 Å². The quantitative estimate of drug-likeness (QED) is 0.840. The lowest BCUT2D eigenvalue weighted by atomic mass is 9.92. The number of piperidine rings is 1. The molecule has 1 unspecified atom stereocenters. The van der Waals surface area contributed by atoms with Crippen molar-refractivity contribution in [2.24, 2.45) is 11.7 Å². The van der Waals surface area contributed by atoms with E-state index in [1.165, 1.54) is 29.6 Å². The molecule has 22 heavy (non-hydrogen) atoms. The number of carbonyl (C=O) groups is 1. The Morgan fingerprint density at radius 1 is 1.36 bits per heavy atom. The molecule has 0 amide bonds. The monoisotopic (exact) mass is 326 g/mol. The molecule has 1 aromatic rings. The molecule has 1 aliphatic heterocycles. The van der Waals surface area contributed by atoms with Gasteiger partial charge in [-0.25, -0.2) is 13.2 Å². The maximum atomic E-state index is 12.7. The summed E-state index contributed by atoms with van der Waals surface area (Å²) in [6.07, 6.45) is 1.52. The first kappa shape index (κ1) is 16.9. The normalized spacial score (nSPS) is 18.9. The molecule has 0 spiro atoms. The first-order valence-corrected chi connectivity index (χ1v) is 8.74. The highest BCUT2D eigenvalue weighted by Gasteiger charge is 2.30. The van der Waals surface area contributed by atoms with Crippen LogP contribution in [0.3, 0.4) is 0 Å². The second-order valence-electron chi connectivity index (χ2n) is 5.62. The molecule has 2 N–H and O–H groups in total. The van der Waals surface area contributed by atoms with E-state index >= 15 is 0 Å². The molecule has 2 rings (SSSR count). The van der Waals surface area contributed by atoms with Gasteiger partial charge in [-0.2, -0.15) is 4.31 Å². The minimum Gasteiger partial charge on any atom is -0.465 e. The summed E-state index contributed by atoms with van der Waals surface area (Å²) < 4.78 is 31.4. The Balaban J connectivity index is 2.19. The van der Waals surface area contributed by atoms with Gasteiger partial charge in [0, 0.05) is 19.1 Å². The number of ether oxygens (including phenoxy) is 1. The molecule has 122 valence electrons. The Kier molecular flexibility index (Phi) is 5.20. The topological polar surface area (TPSA) is 89.7 Å². The molecule has 1 saturated heterocycles. The van der Waals surface area contributed by atoms with Crippen LogP contribution < -0.4 is 5.73 Å². The Morgan fingerprint density at radius 2 is 2.00 bits per heavy atom. The first-order chi connectivity index (χ1) is 10.4. The molecule has 1 aromatic carbocycles. The highest BCUT2D eigenvalue weighted by molar-refractivity contribution is 7.89. The third kappa shape index (κ3) is 3.48. The van der Waals surface area contributed by atoms with Gasteiger partial charge in [0.1, 0.15) is 0 Å². The van der Waals surface area contributed by atoms with Gasteiger partial charge in [-0.1, -0.05) is 6.07 Å². The molecule has 1 atom stereocenters. The molecule has 0 aliphatic carbocycles. The first-order valence-electron chi connectivity index (χ1n) is 7.30. The van der Waals surface area contributed by atoms with E-state index in [1.807, 2.05) is 6.92 Å². The van der Waals surface area contributed by atoms with Crippen LogP contribution in [0.4, 0.5) is 0 Å². The number of methoxy groups -OCH3 is 1. The lowest BCUT2D eigenvalue weighted by Gasteiger charge is -2.32. The SMILES string of the molecule is COC(=O)c1cccc(S(=O)(=O)N2CCC(C(C)N)CC2)c1. The van der Waals surface area contributed by atoms with Crippen molar-refractivity contribution in [1.29, 1.82) is 0 Å². The zero-order valence-electron chi connectivity index (χ0n) is 12.9. The zero-order valence-corrected chi connectivity index (χ0v) is 13.7. The predicted molar refractivity (Wildman–Crippen MR) is 82.9 cm³/mol. The van der Waals surface area contributed by atoms with E-state index in [0.29, 0.717) is 19.0 Å². The van der Waals surface area contributed by atoms with Crippen LogP contribution in [0, 0.1) is 5.92 Å². The van der Waals surface area contributed by atoms with Gasteiger partial charge < -0.3 is 10.5 Å². The minimum absolute atomic E-state index is 0.0764. The summed E-state index contributed by atoms with van der Waals surface area (Å²) in [5.74, 6) is -0.194. The lowest BCUT2D eigenvalue weighted by Crippen LogP contribution is -2.42. The molecule has 0 radical (unpaired) electrons. The van der Waals surface area contributed by atoms with Crippen molar-refractivity contribution in [2.75, 3.05) is 20.2 Å². The second kappa shape index (κ2) is 6.76. The van der Waals surface area contributed by atoms with Gasteiger partial charge in [-0.05, 0) is 43.9 Å². The average molecular weight is 326 g/mol. The van der Waals surface area contributed by atoms with Gasteiger partial charge in [0.05, 0.1) is 17.6 Å². The molecule has 0 saturated carbocycles. The maximum Gasteiger partial charge on any atom is 0.337 e. The molecular formula is C15H22N2O4S. The van der Waals surface area contributed by atoms with Crippen LogP contribution in [0.1, 0.15) is 30.1 Å². The number of hydrogen-bond donors (Lipinski definition) is 1. The number of nitrogens with two attached hydrogens (primary N) is 1. The van der Waals surface area contributed by atoms with Crippen LogP contribution in [-0.4, -0.2) is 44.9 Å². The summed E-state index contributed by atoms with van der Waals surface area (Å²) in [5.41, 5.74) is 6.11. The highest BCUT2D eigenvalue weighted by Crippen LogP contribution is 2.25. The Morgan fingerprint density at radius 3 is 2.55 bits per heavy atom. The molecule has 6 nitrogen and oxygen atoms in total. The van der Waals surface area contributed by atoms with E-state index < -0.39 is 16.0 Å². The van der Waals surface area contributed by atoms with Crippen LogP contribution in [0.15, 0.2) is 29.2 Å². The van der Waals surface area contributed by atoms with E-state index in [0.717, 1.165) is 12.8 Å². The van der Waals surface area contributed by atoms with Crippen LogP contribution in [-0.2, 0) is 14.8 Å². The molecule has 1 heterocycles. The van der Waals surface area contributed by atoms with Gasteiger partial charge in [0.15, 0.2) is 0 Å². The van der Waals surface area contributed by atoms with Gasteiger partial charge in [0.25, 0.3) is 0 Å². The second-order valence-corrected chi connectivity index (χ2v) is 7.56. The highest BCUT2D eigenvalue weighted by atomic mass is 32.2. The van der Waals surface area contributed by atoms with E-state index in [9.17, 15) is 13.2 Å². The fourth-order valence-corrected chi connectivity index (χ4v) is 4.21. The third-order valence-corrected chi connectivity index (χ3v) is 6.03. The van der Waals surface area contributed by atoms with Crippen LogP contribution >= 0.6 is 0 Å². The van der Waals surface area contributed by atoms with Crippen molar-refractivity contribution in [3.8, 4) is 0 Å². The van der Waals surface area contributed by atoms with Crippen molar-refractivity contribution >= 4 is 16.0 Å². The zero-order chi connectivity index (χ0) is 16.3. The number of rotatable bonds is 4. The van der Waals surface area contributed by atoms with Crippen molar-refractivity contribution in [3.63, 3.8) is 0 Å². The van der Waals surface area contributed by atoms with Crippen LogP contribution in [0.25, 0.3) is 0 Å². The summed E-state index contributed by atoms with van der Waals surface area (Å²) >= 11 is 0. The van der Waals surface area contributed by atoms with Crippen molar-refractivity contribution < 1.29 is 17.9 Å². The molecule has 1 fully saturated rings. The number of hydrogen-bond acceptors (Lipinski definition) is 5. The largest absolute Gasteiger partial charge is 0.465 e. The van der Waals surface area contributed by atoms with Crippen LogP contribution in [0.2, 0.25) is 0 Å². The van der Waals surface area contributed by atoms with E-state index in [4.69, 9.17) is 5.73 Å². The fraction of sp³-hybridized carbons (Fsp3) is 0.533. The Hall–Kier alpha value is -1.44. The number of esters is 1. The number of carbonyl (C=O) groups excluding carboxylic acids is 1. The number of sulfonamides is 1. The maximum absolute atomic E-state index is 12.7. The smallest absolute Gasteiger partial charge is 0.337 e. The summed E-state index contributed by atoms with van der Waals surface area (Å²) in [7, 11) is -2.32. The average Bonchev–Trinajstić information content (AvgIpc) is 2.54. The fourth-order valence-electron chi connectivity index (χ4n) is 2.69. The standard InChI is InChI=1S/C15H22N2O4S/c1-11(16)12-6-8-17(9-7-12)22(19,20)14-5-3-4-13(10-14)15(18)21-2/h3-5,10-12H,6-9,16H2,1-2H3. The van der Waals surface area contributed by atoms with Gasteiger partial charge in [0.2, 0.25) is 10.0 Å². The number of nitrogens with zero attached hydrogens (tertiary/aromatic N) is 1. The van der Waals surface area contributed by atoms with E-state index in [-0.39, 0.29) is 16.5 Å². The van der Waals surface area contributed by atoms with Gasteiger partial charge in [-0.15, -0.1) is 0 Å². The Bertz CT molecular complexity index is 635. The molecule has 1 aliphatic rings. The summed E-state index contributed by atoms with van der Waals surface area (Å²) in [6, 6.07) is 6.02. The third-order valence-electron chi connectivity index (χ3n) is 4.14. The van der Waals surface area contributed by atoms with Crippen molar-refractivity contribution in [2.45, 2.75) is 30.7 Å². The predicted octanol–water partition coefficient (Wildman–Crippen LogP) is 1.22. The minimum atomic E-state index is -3.59. The lowest BCUT2D eigenvalue weighted by molar-refractivity contribution is 0.0600. The molecular weight excluding hydrogens is 304 g/mol. The van der Waals surface area contributed by atoms with E-state index in [2.05, 4.69) is 4.74 Å². The molecule has 0 aromatic heterocycles. The van der Waals surface area contributed by atoms with Crippen LogP contribution in [0.5, 0.6) is 0 Å². The van der Waals surface area contributed by atoms with E-state index in [1.54, 1.807) is 6.07 Å².